The van der Waals surface area contributed by atoms with Gasteiger partial charge in [0.15, 0.2) is 0 Å². The van der Waals surface area contributed by atoms with E-state index in [1.807, 2.05) is 19.1 Å². The number of rotatable bonds is 9. The van der Waals surface area contributed by atoms with Crippen LogP contribution in [0.25, 0.3) is 21.9 Å². The highest BCUT2D eigenvalue weighted by atomic mass is 16.5. The molecule has 1 aliphatic heterocycles. The van der Waals surface area contributed by atoms with Gasteiger partial charge in [0.1, 0.15) is 29.6 Å². The lowest BCUT2D eigenvalue weighted by Gasteiger charge is -2.26. The van der Waals surface area contributed by atoms with Gasteiger partial charge in [-0.05, 0) is 61.6 Å². The number of benzene rings is 2. The molecule has 2 aromatic carbocycles. The second-order valence-corrected chi connectivity index (χ2v) is 9.80. The van der Waals surface area contributed by atoms with Gasteiger partial charge in [-0.25, -0.2) is 0 Å². The van der Waals surface area contributed by atoms with Crippen LogP contribution in [0.5, 0.6) is 0 Å². The highest BCUT2D eigenvalue weighted by Crippen LogP contribution is 2.40. The number of nitriles is 1. The number of furan rings is 1. The Bertz CT molecular complexity index is 1400. The number of hydrogen-bond acceptors (Lipinski definition) is 7. The van der Waals surface area contributed by atoms with Gasteiger partial charge < -0.3 is 24.6 Å². The molecule has 9 nitrogen and oxygen atoms in total. The Morgan fingerprint density at radius 2 is 2.11 bits per heavy atom. The molecule has 1 saturated heterocycles. The van der Waals surface area contributed by atoms with Crippen molar-refractivity contribution < 1.29 is 23.5 Å². The van der Waals surface area contributed by atoms with Crippen LogP contribution in [-0.2, 0) is 14.3 Å². The maximum absolute atomic E-state index is 12.4. The van der Waals surface area contributed by atoms with Crippen molar-refractivity contribution in [2.75, 3.05) is 31.2 Å². The molecule has 2 aliphatic rings. The topological polar surface area (TPSA) is 139 Å². The van der Waals surface area contributed by atoms with Gasteiger partial charge in [-0.3, -0.25) is 14.9 Å². The van der Waals surface area contributed by atoms with Crippen LogP contribution in [-0.4, -0.2) is 49.9 Å². The number of carbonyl (C=O) groups excluding carboxylic acids is 3. The number of primary amides is 1. The maximum atomic E-state index is 12.4. The van der Waals surface area contributed by atoms with Crippen LogP contribution in [0.3, 0.4) is 0 Å². The monoisotopic (exact) mass is 488 g/mol. The summed E-state index contributed by atoms with van der Waals surface area (Å²) in [6, 6.07) is 11.1. The van der Waals surface area contributed by atoms with Crippen molar-refractivity contribution in [3.63, 3.8) is 0 Å². The third-order valence-electron chi connectivity index (χ3n) is 7.17. The molecule has 2 heterocycles. The van der Waals surface area contributed by atoms with Gasteiger partial charge in [0.05, 0.1) is 12.7 Å². The molecule has 2 amide bonds. The molecule has 36 heavy (non-hydrogen) atoms. The van der Waals surface area contributed by atoms with E-state index in [0.717, 1.165) is 24.5 Å². The number of nitrogens with zero attached hydrogens (tertiary/aromatic N) is 2. The molecule has 9 heteroatoms. The van der Waals surface area contributed by atoms with E-state index in [9.17, 15) is 19.6 Å². The minimum absolute atomic E-state index is 0.0355. The van der Waals surface area contributed by atoms with Crippen LogP contribution in [0.15, 0.2) is 34.7 Å². The van der Waals surface area contributed by atoms with Crippen molar-refractivity contribution in [2.24, 2.45) is 11.7 Å². The molecule has 2 fully saturated rings. The summed E-state index contributed by atoms with van der Waals surface area (Å²) in [5, 5.41) is 14.1. The summed E-state index contributed by atoms with van der Waals surface area (Å²) in [5.41, 5.74) is 7.91. The third kappa shape index (κ3) is 4.34. The Kier molecular flexibility index (Phi) is 6.24. The van der Waals surface area contributed by atoms with Crippen molar-refractivity contribution in [3.05, 3.63) is 41.5 Å². The number of nitrogens with two attached hydrogens (primary N) is 1. The average Bonchev–Trinajstić information content (AvgIpc) is 3.57. The van der Waals surface area contributed by atoms with Crippen LogP contribution in [0.1, 0.15) is 48.0 Å². The smallest absolute Gasteiger partial charge is 0.253 e. The van der Waals surface area contributed by atoms with Gasteiger partial charge in [0.25, 0.3) is 5.91 Å². The molecule has 0 spiro atoms. The number of carbonyl (C=O) groups is 3. The molecule has 3 aromatic rings. The van der Waals surface area contributed by atoms with E-state index in [4.69, 9.17) is 14.9 Å². The normalized spacial score (nSPS) is 18.7. The fraction of sp³-hybridized carbons (Fsp3) is 0.407. The summed E-state index contributed by atoms with van der Waals surface area (Å²) in [7, 11) is 0. The Labute approximate surface area is 208 Å². The summed E-state index contributed by atoms with van der Waals surface area (Å²) in [5.74, 6) is -1.26. The largest absolute Gasteiger partial charge is 0.456 e. The number of ether oxygens (including phenoxy) is 1. The first kappa shape index (κ1) is 24.0. The van der Waals surface area contributed by atoms with Gasteiger partial charge in [0, 0.05) is 40.6 Å². The molecule has 1 saturated carbocycles. The molecule has 0 bridgehead atoms. The zero-order valence-electron chi connectivity index (χ0n) is 20.1. The lowest BCUT2D eigenvalue weighted by molar-refractivity contribution is -0.125. The Morgan fingerprint density at radius 1 is 1.31 bits per heavy atom. The minimum atomic E-state index is -0.615. The Balaban J connectivity index is 1.53. The Morgan fingerprint density at radius 3 is 2.78 bits per heavy atom. The van der Waals surface area contributed by atoms with E-state index < -0.39 is 17.4 Å². The first-order chi connectivity index (χ1) is 17.4. The minimum Gasteiger partial charge on any atom is -0.456 e. The van der Waals surface area contributed by atoms with Gasteiger partial charge in [-0.15, -0.1) is 0 Å². The molecular weight excluding hydrogens is 460 g/mol. The summed E-state index contributed by atoms with van der Waals surface area (Å²) < 4.78 is 11.3. The molecule has 2 unspecified atom stereocenters. The second-order valence-electron chi connectivity index (χ2n) is 9.80. The van der Waals surface area contributed by atoms with E-state index in [-0.39, 0.29) is 24.0 Å². The van der Waals surface area contributed by atoms with E-state index in [0.29, 0.717) is 53.9 Å². The van der Waals surface area contributed by atoms with E-state index in [2.05, 4.69) is 11.4 Å². The van der Waals surface area contributed by atoms with Crippen LogP contribution in [0.2, 0.25) is 0 Å². The summed E-state index contributed by atoms with van der Waals surface area (Å²) in [6.07, 6.45) is 2.99. The molecule has 186 valence electrons. The standard InChI is InChI=1S/C27H28N4O5/c1-16(12-30-27(15-28)6-7-27)10-17(13-32)24-20(26(29)34)4-5-21-25(24)19-3-2-18(11-22(19)36-21)31-8-9-35-14-23(31)33/h2-5,11,13,16-17,30H,6-10,12,14H2,1H3,(H2,29,34). The van der Waals surface area contributed by atoms with Crippen molar-refractivity contribution in [1.29, 1.82) is 5.26 Å². The maximum Gasteiger partial charge on any atom is 0.253 e. The SMILES string of the molecule is CC(CNC1(C#N)CC1)CC(C=O)c1c(C(N)=O)ccc2oc3cc(N4CCOCC4=O)ccc3c12. The lowest BCUT2D eigenvalue weighted by Crippen LogP contribution is -2.41. The van der Waals surface area contributed by atoms with E-state index in [1.54, 1.807) is 23.1 Å². The van der Waals surface area contributed by atoms with Crippen LogP contribution in [0, 0.1) is 17.2 Å². The number of anilines is 1. The lowest BCUT2D eigenvalue weighted by atomic mass is 9.84. The highest BCUT2D eigenvalue weighted by molar-refractivity contribution is 6.12. The van der Waals surface area contributed by atoms with Crippen molar-refractivity contribution in [3.8, 4) is 6.07 Å². The number of fused-ring (bicyclic) bond motifs is 3. The summed E-state index contributed by atoms with van der Waals surface area (Å²) >= 11 is 0. The predicted molar refractivity (Wildman–Crippen MR) is 134 cm³/mol. The number of aldehydes is 1. The number of morpholine rings is 1. The average molecular weight is 489 g/mol. The fourth-order valence-corrected chi connectivity index (χ4v) is 5.02. The van der Waals surface area contributed by atoms with Crippen LogP contribution < -0.4 is 16.0 Å². The zero-order chi connectivity index (χ0) is 25.4. The molecule has 5 rings (SSSR count). The third-order valence-corrected chi connectivity index (χ3v) is 7.17. The van der Waals surface area contributed by atoms with E-state index >= 15 is 0 Å². The van der Waals surface area contributed by atoms with E-state index in [1.165, 1.54) is 0 Å². The molecule has 1 aromatic heterocycles. The van der Waals surface area contributed by atoms with Gasteiger partial charge in [0.2, 0.25) is 5.91 Å². The predicted octanol–water partition coefficient (Wildman–Crippen LogP) is 3.00. The zero-order valence-corrected chi connectivity index (χ0v) is 20.1. The van der Waals surface area contributed by atoms with Crippen molar-refractivity contribution >= 4 is 45.7 Å². The number of hydrogen-bond donors (Lipinski definition) is 2. The van der Waals surface area contributed by atoms with Gasteiger partial charge in [-0.2, -0.15) is 5.26 Å². The second kappa shape index (κ2) is 9.37. The van der Waals surface area contributed by atoms with Crippen molar-refractivity contribution in [2.45, 2.75) is 37.6 Å². The van der Waals surface area contributed by atoms with Crippen LogP contribution in [0.4, 0.5) is 5.69 Å². The van der Waals surface area contributed by atoms with Gasteiger partial charge in [-0.1, -0.05) is 6.92 Å². The molecule has 1 aliphatic carbocycles. The van der Waals surface area contributed by atoms with Crippen molar-refractivity contribution in [1.82, 2.24) is 5.32 Å². The molecular formula is C27H28N4O5. The molecule has 0 radical (unpaired) electrons. The molecule has 2 atom stereocenters. The first-order valence-electron chi connectivity index (χ1n) is 12.1. The molecule has 3 N–H and O–H groups in total. The fourth-order valence-electron chi connectivity index (χ4n) is 5.02. The highest BCUT2D eigenvalue weighted by Gasteiger charge is 2.42. The summed E-state index contributed by atoms with van der Waals surface area (Å²) in [4.78, 5) is 38.7. The summed E-state index contributed by atoms with van der Waals surface area (Å²) in [6.45, 7) is 3.55. The number of amides is 2. The quantitative estimate of drug-likeness (QED) is 0.442. The Hall–Kier alpha value is -3.74. The van der Waals surface area contributed by atoms with Gasteiger partial charge >= 0.3 is 0 Å². The first-order valence-corrected chi connectivity index (χ1v) is 12.1. The van der Waals surface area contributed by atoms with Crippen LogP contribution >= 0.6 is 0 Å². The number of nitrogens with one attached hydrogen (secondary N) is 1.